The maximum Gasteiger partial charge on any atom is 0.0644 e. The Morgan fingerprint density at radius 2 is 0.632 bits per heavy atom. The lowest BCUT2D eigenvalue weighted by molar-refractivity contribution is 0.666. The second-order valence-electron chi connectivity index (χ2n) is 26.4. The highest BCUT2D eigenvalue weighted by Gasteiger charge is 2.43. The number of hydrogen-bond acceptors (Lipinski definition) is 0. The normalized spacial score (nSPS) is 13.3. The molecular weight excluding hydrogens is 1220 g/mol. The molecule has 0 bridgehead atoms. The molecule has 452 valence electrons. The van der Waals surface area contributed by atoms with Crippen LogP contribution in [0.25, 0.3) is 149 Å². The maximum absolute atomic E-state index is 3.86. The van der Waals surface area contributed by atoms with Gasteiger partial charge in [0.15, 0.2) is 0 Å². The molecule has 0 fully saturated rings. The van der Waals surface area contributed by atoms with Crippen molar-refractivity contribution in [3.8, 4) is 61.6 Å². The van der Waals surface area contributed by atoms with E-state index in [1.54, 1.807) is 0 Å². The van der Waals surface area contributed by atoms with Crippen LogP contribution in [-0.4, -0.2) is 18.7 Å². The Hall–Kier alpha value is -11.2. The van der Waals surface area contributed by atoms with E-state index >= 15 is 0 Å². The number of benzene rings is 14. The zero-order valence-electron chi connectivity index (χ0n) is 53.2. The largest absolute Gasteiger partial charge is 0.354 e. The number of nitrogens with zero attached hydrogens (tertiary/aromatic N) is 3. The average molecular weight is 1280 g/mol. The number of aromatic amines is 1. The molecule has 4 aromatic heterocycles. The molecule has 20 rings (SSSR count). The first-order chi connectivity index (χ1) is 46.6. The van der Waals surface area contributed by atoms with Gasteiger partial charge >= 0.3 is 0 Å². The summed E-state index contributed by atoms with van der Waals surface area (Å²) in [6, 6.07) is 114. The molecule has 0 radical (unpaired) electrons. The Morgan fingerprint density at radius 1 is 0.284 bits per heavy atom. The molecule has 4 nitrogen and oxygen atoms in total. The van der Waals surface area contributed by atoms with Crippen molar-refractivity contribution >= 4 is 103 Å². The van der Waals surface area contributed by atoms with Crippen LogP contribution in [0.5, 0.6) is 0 Å². The van der Waals surface area contributed by atoms with Gasteiger partial charge in [0.2, 0.25) is 0 Å². The Morgan fingerprint density at radius 3 is 1.14 bits per heavy atom. The average Bonchev–Trinajstić information content (AvgIpc) is 1.51. The summed E-state index contributed by atoms with van der Waals surface area (Å²) in [4.78, 5) is 3.86. The number of nitrogens with one attached hydrogen (secondary N) is 1. The zero-order valence-corrected chi connectivity index (χ0v) is 54.8. The molecule has 4 heterocycles. The quantitative estimate of drug-likeness (QED) is 0.178. The molecule has 0 unspecified atom stereocenters. The Kier molecular flexibility index (Phi) is 13.1. The van der Waals surface area contributed by atoms with E-state index in [-0.39, 0.29) is 10.8 Å². The summed E-state index contributed by atoms with van der Waals surface area (Å²) < 4.78 is 8.64. The van der Waals surface area contributed by atoms with Crippen LogP contribution in [0.4, 0.5) is 0 Å². The summed E-state index contributed by atoms with van der Waals surface area (Å²) in [6.45, 7) is 9.61. The SMILES string of the molecule is Brc1ccc(-c2ccccc2)cc1.CC1(C)c2ccccc2-c2c1c1c3ccccc3[nH]c1c1c3ccccc3n(-c3ccccc3)c21.CC1(C)c2ccccc2-c2c1c1c3ccccc3n(-c3ccc(-c4ccccc4)cc3)c1c1c3ccccc3n(-c3ccccc3)c21. The molecule has 1 N–H and O–H groups in total. The van der Waals surface area contributed by atoms with E-state index in [9.17, 15) is 0 Å². The monoisotopic (exact) mass is 1280 g/mol. The summed E-state index contributed by atoms with van der Waals surface area (Å²) >= 11 is 3.42. The minimum Gasteiger partial charge on any atom is -0.354 e. The van der Waals surface area contributed by atoms with Crippen LogP contribution < -0.4 is 0 Å². The van der Waals surface area contributed by atoms with E-state index in [0.717, 1.165) is 4.47 Å². The third-order valence-electron chi connectivity index (χ3n) is 20.5. The molecule has 95 heavy (non-hydrogen) atoms. The van der Waals surface area contributed by atoms with Gasteiger partial charge in [0, 0.05) is 92.1 Å². The fraction of sp³-hybridized carbons (Fsp3) is 0.0667. The van der Waals surface area contributed by atoms with Crippen molar-refractivity contribution in [2.45, 2.75) is 38.5 Å². The fourth-order valence-corrected chi connectivity index (χ4v) is 16.7. The van der Waals surface area contributed by atoms with E-state index in [4.69, 9.17) is 0 Å². The van der Waals surface area contributed by atoms with Crippen molar-refractivity contribution in [1.29, 1.82) is 0 Å². The molecule has 0 atom stereocenters. The van der Waals surface area contributed by atoms with Crippen LogP contribution >= 0.6 is 15.9 Å². The van der Waals surface area contributed by atoms with Gasteiger partial charge in [-0.1, -0.05) is 286 Å². The van der Waals surface area contributed by atoms with Gasteiger partial charge in [0.25, 0.3) is 0 Å². The Bertz CT molecular complexity index is 6050. The van der Waals surface area contributed by atoms with Gasteiger partial charge in [0.05, 0.1) is 38.6 Å². The van der Waals surface area contributed by atoms with Crippen LogP contribution in [0.2, 0.25) is 0 Å². The smallest absolute Gasteiger partial charge is 0.0644 e. The summed E-state index contributed by atoms with van der Waals surface area (Å²) in [7, 11) is 0. The van der Waals surface area contributed by atoms with E-state index < -0.39 is 0 Å². The molecule has 2 aliphatic carbocycles. The van der Waals surface area contributed by atoms with Gasteiger partial charge in [-0.25, -0.2) is 0 Å². The number of hydrogen-bond donors (Lipinski definition) is 1. The first kappa shape index (κ1) is 56.5. The summed E-state index contributed by atoms with van der Waals surface area (Å²) in [5.74, 6) is 0. The number of H-pyrrole nitrogens is 1. The highest BCUT2D eigenvalue weighted by Crippen LogP contribution is 2.60. The zero-order chi connectivity index (χ0) is 63.7. The van der Waals surface area contributed by atoms with Crippen molar-refractivity contribution in [3.63, 3.8) is 0 Å². The van der Waals surface area contributed by atoms with Gasteiger partial charge in [-0.3, -0.25) is 0 Å². The molecular formula is C90H65BrN4. The number of rotatable bonds is 5. The molecule has 14 aromatic carbocycles. The second-order valence-corrected chi connectivity index (χ2v) is 27.4. The summed E-state index contributed by atoms with van der Waals surface area (Å²) in [5, 5.41) is 10.5. The van der Waals surface area contributed by atoms with Crippen LogP contribution in [0.1, 0.15) is 49.9 Å². The Balaban J connectivity index is 0.000000120. The fourth-order valence-electron chi connectivity index (χ4n) is 16.5. The molecule has 5 heteroatoms. The first-order valence-corrected chi connectivity index (χ1v) is 33.7. The highest BCUT2D eigenvalue weighted by molar-refractivity contribution is 9.10. The molecule has 0 saturated heterocycles. The van der Waals surface area contributed by atoms with Crippen molar-refractivity contribution < 1.29 is 0 Å². The van der Waals surface area contributed by atoms with E-state index in [0.29, 0.717) is 0 Å². The second kappa shape index (κ2) is 21.9. The van der Waals surface area contributed by atoms with Crippen LogP contribution in [0, 0.1) is 0 Å². The summed E-state index contributed by atoms with van der Waals surface area (Å²) in [5.41, 5.74) is 29.2. The number of fused-ring (bicyclic) bond motifs is 24. The standard InChI is InChI=1S/C45H32N2.C33H24N2.C12H9Br/c1-45(2)36-22-12-9-19-33(36)39-42(45)40-34-20-10-13-23-37(34)47(32-27-25-30(26-28-32)29-15-5-3-6-16-29)44(40)41-35-21-11-14-24-38(35)46(43(39)41)31-17-7-4-8-18-31;1-33(2)24-17-9-6-14-21(24)28-30(33)27-22-15-7-10-18-25(22)34-31(27)29-23-16-8-11-19-26(23)35(32(28)29)20-12-4-3-5-13-20;13-12-8-6-11(7-9-12)10-4-2-1-3-5-10/h3-28H,1-2H3;3-19,34H,1-2H3;1-9H. The van der Waals surface area contributed by atoms with E-state index in [1.807, 2.05) is 6.07 Å². The molecule has 0 spiro atoms. The molecule has 0 saturated carbocycles. The van der Waals surface area contributed by atoms with Gasteiger partial charge in [-0.05, 0) is 128 Å². The number of aromatic nitrogens is 4. The van der Waals surface area contributed by atoms with Gasteiger partial charge in [-0.2, -0.15) is 0 Å². The highest BCUT2D eigenvalue weighted by atomic mass is 79.9. The predicted molar refractivity (Wildman–Crippen MR) is 405 cm³/mol. The van der Waals surface area contributed by atoms with Gasteiger partial charge < -0.3 is 18.7 Å². The lowest BCUT2D eigenvalue weighted by atomic mass is 9.80. The number of para-hydroxylation sites is 6. The predicted octanol–water partition coefficient (Wildman–Crippen LogP) is 24.7. The minimum atomic E-state index is -0.192. The van der Waals surface area contributed by atoms with Crippen LogP contribution in [0.3, 0.4) is 0 Å². The Labute approximate surface area is 560 Å². The molecule has 18 aromatic rings. The first-order valence-electron chi connectivity index (χ1n) is 33.0. The van der Waals surface area contributed by atoms with Crippen LogP contribution in [-0.2, 0) is 10.8 Å². The van der Waals surface area contributed by atoms with Gasteiger partial charge in [0.1, 0.15) is 0 Å². The molecule has 2 aliphatic rings. The van der Waals surface area contributed by atoms with E-state index in [2.05, 4.69) is 372 Å². The van der Waals surface area contributed by atoms with Gasteiger partial charge in [-0.15, -0.1) is 0 Å². The van der Waals surface area contributed by atoms with Crippen molar-refractivity contribution in [1.82, 2.24) is 18.7 Å². The van der Waals surface area contributed by atoms with Crippen LogP contribution in [0.15, 0.2) is 320 Å². The van der Waals surface area contributed by atoms with Crippen molar-refractivity contribution in [3.05, 3.63) is 342 Å². The molecule has 0 aliphatic heterocycles. The summed E-state index contributed by atoms with van der Waals surface area (Å²) in [6.07, 6.45) is 0. The lowest BCUT2D eigenvalue weighted by Gasteiger charge is -2.23. The minimum absolute atomic E-state index is 0.110. The third kappa shape index (κ3) is 8.58. The molecule has 0 amide bonds. The lowest BCUT2D eigenvalue weighted by Crippen LogP contribution is -2.15. The van der Waals surface area contributed by atoms with E-state index in [1.165, 1.54) is 171 Å². The van der Waals surface area contributed by atoms with Crippen molar-refractivity contribution in [2.75, 3.05) is 0 Å². The number of halogens is 1. The topological polar surface area (TPSA) is 30.6 Å². The van der Waals surface area contributed by atoms with Crippen molar-refractivity contribution in [2.24, 2.45) is 0 Å². The third-order valence-corrected chi connectivity index (χ3v) is 21.0. The maximum atomic E-state index is 3.86.